The largest absolute Gasteiger partial charge is 0.387 e. The number of fused-ring (bicyclic) bond motifs is 2. The molecule has 14 heavy (non-hydrogen) atoms. The second kappa shape index (κ2) is 2.83. The highest BCUT2D eigenvalue weighted by Gasteiger charge is 2.59. The summed E-state index contributed by atoms with van der Waals surface area (Å²) in [6.45, 7) is 7.32. The molecule has 2 N–H and O–H groups in total. The first-order chi connectivity index (χ1) is 6.41. The van der Waals surface area contributed by atoms with E-state index < -0.39 is 11.2 Å². The van der Waals surface area contributed by atoms with Crippen LogP contribution in [0, 0.1) is 17.8 Å². The van der Waals surface area contributed by atoms with Gasteiger partial charge in [-0.1, -0.05) is 6.08 Å². The van der Waals surface area contributed by atoms with E-state index in [1.165, 1.54) is 0 Å². The maximum atomic E-state index is 10.4. The molecular weight excluding hydrogens is 176 g/mol. The molecule has 2 nitrogen and oxygen atoms in total. The fourth-order valence-corrected chi connectivity index (χ4v) is 3.48. The van der Waals surface area contributed by atoms with Crippen LogP contribution in [0.25, 0.3) is 0 Å². The maximum absolute atomic E-state index is 10.4. The highest BCUT2D eigenvalue weighted by atomic mass is 16.4. The maximum Gasteiger partial charge on any atom is 0.0970 e. The summed E-state index contributed by atoms with van der Waals surface area (Å²) in [6.07, 6.45) is 5.02. The normalized spacial score (nSPS) is 57.3. The quantitative estimate of drug-likeness (QED) is 0.627. The van der Waals surface area contributed by atoms with Gasteiger partial charge in [0.25, 0.3) is 0 Å². The zero-order valence-corrected chi connectivity index (χ0v) is 9.03. The highest BCUT2D eigenvalue weighted by Crippen LogP contribution is 2.55. The standard InChI is InChI=1S/C12H20O2/c1-4-10-8-5-6-9(7-8)11(2,13)12(10,3)14/h4,8-10,13-14H,1,5-7H2,2-3H3. The number of hydrogen-bond donors (Lipinski definition) is 2. The summed E-state index contributed by atoms with van der Waals surface area (Å²) in [7, 11) is 0. The molecule has 0 radical (unpaired) electrons. The van der Waals surface area contributed by atoms with Gasteiger partial charge in [-0.3, -0.25) is 0 Å². The van der Waals surface area contributed by atoms with Crippen molar-refractivity contribution in [2.45, 2.75) is 44.3 Å². The van der Waals surface area contributed by atoms with Crippen molar-refractivity contribution < 1.29 is 10.2 Å². The lowest BCUT2D eigenvalue weighted by Gasteiger charge is -2.51. The molecule has 80 valence electrons. The van der Waals surface area contributed by atoms with E-state index in [0.29, 0.717) is 5.92 Å². The Morgan fingerprint density at radius 1 is 1.21 bits per heavy atom. The lowest BCUT2D eigenvalue weighted by Crippen LogP contribution is -2.61. The van der Waals surface area contributed by atoms with Crippen molar-refractivity contribution in [2.75, 3.05) is 0 Å². The molecule has 0 aromatic carbocycles. The van der Waals surface area contributed by atoms with Crippen LogP contribution in [0.5, 0.6) is 0 Å². The van der Waals surface area contributed by atoms with Crippen molar-refractivity contribution >= 4 is 0 Å². The fraction of sp³-hybridized carbons (Fsp3) is 0.833. The molecule has 2 heteroatoms. The summed E-state index contributed by atoms with van der Waals surface area (Å²) in [5.41, 5.74) is -1.97. The Hall–Kier alpha value is -0.340. The van der Waals surface area contributed by atoms with E-state index in [2.05, 4.69) is 6.58 Å². The molecule has 2 saturated carbocycles. The zero-order chi connectivity index (χ0) is 10.6. The summed E-state index contributed by atoms with van der Waals surface area (Å²) < 4.78 is 0. The Morgan fingerprint density at radius 2 is 1.86 bits per heavy atom. The average Bonchev–Trinajstić information content (AvgIpc) is 2.50. The molecule has 2 fully saturated rings. The first-order valence-electron chi connectivity index (χ1n) is 5.48. The molecule has 5 atom stereocenters. The second-order valence-corrected chi connectivity index (χ2v) is 5.33. The van der Waals surface area contributed by atoms with Gasteiger partial charge in [-0.05, 0) is 44.9 Å². The van der Waals surface area contributed by atoms with E-state index in [4.69, 9.17) is 0 Å². The van der Waals surface area contributed by atoms with Crippen molar-refractivity contribution in [2.24, 2.45) is 17.8 Å². The van der Waals surface area contributed by atoms with Crippen LogP contribution < -0.4 is 0 Å². The summed E-state index contributed by atoms with van der Waals surface area (Å²) >= 11 is 0. The Labute approximate surface area is 85.6 Å². The first kappa shape index (κ1) is 10.2. The van der Waals surface area contributed by atoms with E-state index in [-0.39, 0.29) is 11.8 Å². The van der Waals surface area contributed by atoms with Gasteiger partial charge in [-0.25, -0.2) is 0 Å². The van der Waals surface area contributed by atoms with E-state index in [9.17, 15) is 10.2 Å². The minimum atomic E-state index is -1.02. The van der Waals surface area contributed by atoms with Gasteiger partial charge in [0.05, 0.1) is 11.2 Å². The third kappa shape index (κ3) is 1.04. The first-order valence-corrected chi connectivity index (χ1v) is 5.48. The van der Waals surface area contributed by atoms with Gasteiger partial charge in [0.1, 0.15) is 0 Å². The molecule has 2 aliphatic carbocycles. The topological polar surface area (TPSA) is 40.5 Å². The molecule has 0 aromatic rings. The SMILES string of the molecule is C=CC1C2CCC(C2)C(C)(O)C1(C)O. The van der Waals surface area contributed by atoms with Gasteiger partial charge in [0.2, 0.25) is 0 Å². The molecule has 2 aliphatic rings. The molecule has 0 amide bonds. The molecule has 0 saturated heterocycles. The van der Waals surface area contributed by atoms with Gasteiger partial charge in [-0.2, -0.15) is 0 Å². The zero-order valence-electron chi connectivity index (χ0n) is 9.03. The van der Waals surface area contributed by atoms with Crippen LogP contribution in [0.4, 0.5) is 0 Å². The van der Waals surface area contributed by atoms with Gasteiger partial charge in [0.15, 0.2) is 0 Å². The Kier molecular flexibility index (Phi) is 2.06. The molecule has 0 heterocycles. The van der Waals surface area contributed by atoms with Crippen molar-refractivity contribution in [3.05, 3.63) is 12.7 Å². The third-order valence-electron chi connectivity index (χ3n) is 4.70. The monoisotopic (exact) mass is 196 g/mol. The van der Waals surface area contributed by atoms with Crippen LogP contribution in [0.1, 0.15) is 33.1 Å². The highest BCUT2D eigenvalue weighted by molar-refractivity contribution is 5.14. The molecule has 0 aromatic heterocycles. The van der Waals surface area contributed by atoms with Crippen molar-refractivity contribution in [3.8, 4) is 0 Å². The van der Waals surface area contributed by atoms with Crippen LogP contribution in [-0.2, 0) is 0 Å². The second-order valence-electron chi connectivity index (χ2n) is 5.33. The van der Waals surface area contributed by atoms with Gasteiger partial charge in [0, 0.05) is 5.92 Å². The van der Waals surface area contributed by atoms with E-state index in [1.807, 2.05) is 6.08 Å². The molecule has 5 unspecified atom stereocenters. The fourth-order valence-electron chi connectivity index (χ4n) is 3.48. The van der Waals surface area contributed by atoms with E-state index in [0.717, 1.165) is 19.3 Å². The predicted octanol–water partition coefficient (Wildman–Crippen LogP) is 1.72. The lowest BCUT2D eigenvalue weighted by molar-refractivity contribution is -0.201. The predicted molar refractivity (Wildman–Crippen MR) is 55.8 cm³/mol. The van der Waals surface area contributed by atoms with Gasteiger partial charge < -0.3 is 10.2 Å². The lowest BCUT2D eigenvalue weighted by atomic mass is 9.61. The Bertz CT molecular complexity index is 255. The Balaban J connectivity index is 2.41. The molecular formula is C12H20O2. The average molecular weight is 196 g/mol. The summed E-state index contributed by atoms with van der Waals surface area (Å²) in [6, 6.07) is 0. The van der Waals surface area contributed by atoms with Crippen LogP contribution in [0.3, 0.4) is 0 Å². The molecule has 0 aliphatic heterocycles. The third-order valence-corrected chi connectivity index (χ3v) is 4.70. The molecule has 2 bridgehead atoms. The van der Waals surface area contributed by atoms with Crippen molar-refractivity contribution in [3.63, 3.8) is 0 Å². The van der Waals surface area contributed by atoms with Crippen LogP contribution >= 0.6 is 0 Å². The van der Waals surface area contributed by atoms with Crippen LogP contribution in [0.2, 0.25) is 0 Å². The van der Waals surface area contributed by atoms with E-state index >= 15 is 0 Å². The van der Waals surface area contributed by atoms with Crippen LogP contribution in [0.15, 0.2) is 12.7 Å². The van der Waals surface area contributed by atoms with Crippen molar-refractivity contribution in [1.29, 1.82) is 0 Å². The molecule has 0 spiro atoms. The minimum Gasteiger partial charge on any atom is -0.387 e. The number of hydrogen-bond acceptors (Lipinski definition) is 2. The van der Waals surface area contributed by atoms with Gasteiger partial charge >= 0.3 is 0 Å². The summed E-state index contributed by atoms with van der Waals surface area (Å²) in [5, 5.41) is 20.8. The number of rotatable bonds is 1. The number of aliphatic hydroxyl groups is 2. The Morgan fingerprint density at radius 3 is 2.43 bits per heavy atom. The molecule has 2 rings (SSSR count). The summed E-state index contributed by atoms with van der Waals surface area (Å²) in [4.78, 5) is 0. The van der Waals surface area contributed by atoms with Crippen LogP contribution in [-0.4, -0.2) is 21.4 Å². The van der Waals surface area contributed by atoms with Crippen molar-refractivity contribution in [1.82, 2.24) is 0 Å². The smallest absolute Gasteiger partial charge is 0.0970 e. The van der Waals surface area contributed by atoms with E-state index in [1.54, 1.807) is 13.8 Å². The van der Waals surface area contributed by atoms with Gasteiger partial charge in [-0.15, -0.1) is 6.58 Å². The minimum absolute atomic E-state index is 0.0382. The summed E-state index contributed by atoms with van der Waals surface area (Å²) in [5.74, 6) is 0.822.